The van der Waals surface area contributed by atoms with Crippen molar-refractivity contribution < 1.29 is 14.3 Å². The molecule has 4 nitrogen and oxygen atoms in total. The quantitative estimate of drug-likeness (QED) is 0.785. The summed E-state index contributed by atoms with van der Waals surface area (Å²) in [5, 5.41) is 0. The first-order valence-corrected chi connectivity index (χ1v) is 8.72. The highest BCUT2D eigenvalue weighted by atomic mass is 16.7. The maximum Gasteiger partial charge on any atom is 0.225 e. The van der Waals surface area contributed by atoms with Crippen molar-refractivity contribution in [1.29, 1.82) is 0 Å². The lowest BCUT2D eigenvalue weighted by molar-refractivity contribution is -0.192. The van der Waals surface area contributed by atoms with Gasteiger partial charge >= 0.3 is 0 Å². The SMILES string of the molecule is CC1(C2CCN(C(=O)C3CC4CCC3C4)CC2)OCCO1. The standard InChI is InChI=1S/C17H27NO3/c1-17(20-8-9-21-17)14-4-6-18(7-5-14)16(19)15-11-12-2-3-13(15)10-12/h12-15H,2-11H2,1H3. The van der Waals surface area contributed by atoms with E-state index >= 15 is 0 Å². The molecule has 21 heavy (non-hydrogen) atoms. The van der Waals surface area contributed by atoms with Crippen LogP contribution in [0, 0.1) is 23.7 Å². The second-order valence-electron chi connectivity index (χ2n) is 7.59. The van der Waals surface area contributed by atoms with E-state index in [4.69, 9.17) is 9.47 Å². The second kappa shape index (κ2) is 5.24. The van der Waals surface area contributed by atoms with E-state index < -0.39 is 5.79 Å². The molecule has 2 heterocycles. The summed E-state index contributed by atoms with van der Waals surface area (Å²) in [7, 11) is 0. The van der Waals surface area contributed by atoms with Gasteiger partial charge < -0.3 is 14.4 Å². The van der Waals surface area contributed by atoms with Gasteiger partial charge in [0.2, 0.25) is 5.91 Å². The van der Waals surface area contributed by atoms with Gasteiger partial charge in [0.15, 0.2) is 5.79 Å². The van der Waals surface area contributed by atoms with Gasteiger partial charge in [-0.1, -0.05) is 6.42 Å². The number of rotatable bonds is 2. The third-order valence-corrected chi connectivity index (χ3v) is 6.46. The maximum atomic E-state index is 12.8. The van der Waals surface area contributed by atoms with E-state index in [2.05, 4.69) is 11.8 Å². The molecule has 2 aliphatic carbocycles. The van der Waals surface area contributed by atoms with Gasteiger partial charge in [-0.2, -0.15) is 0 Å². The van der Waals surface area contributed by atoms with Gasteiger partial charge in [0.05, 0.1) is 13.2 Å². The van der Waals surface area contributed by atoms with Crippen molar-refractivity contribution in [1.82, 2.24) is 4.90 Å². The third-order valence-electron chi connectivity index (χ3n) is 6.46. The van der Waals surface area contributed by atoms with E-state index in [1.165, 1.54) is 19.3 Å². The molecule has 0 aromatic rings. The molecule has 4 aliphatic rings. The number of likely N-dealkylation sites (tertiary alicyclic amines) is 1. The first-order valence-electron chi connectivity index (χ1n) is 8.72. The smallest absolute Gasteiger partial charge is 0.225 e. The van der Waals surface area contributed by atoms with Crippen molar-refractivity contribution in [3.63, 3.8) is 0 Å². The van der Waals surface area contributed by atoms with Crippen LogP contribution in [0.15, 0.2) is 0 Å². The molecule has 0 aromatic carbocycles. The van der Waals surface area contributed by atoms with E-state index in [-0.39, 0.29) is 0 Å². The Morgan fingerprint density at radius 2 is 1.76 bits per heavy atom. The molecule has 2 aliphatic heterocycles. The first kappa shape index (κ1) is 14.0. The molecular formula is C17H27NO3. The van der Waals surface area contributed by atoms with Crippen LogP contribution in [-0.2, 0) is 14.3 Å². The van der Waals surface area contributed by atoms with E-state index in [0.29, 0.717) is 36.9 Å². The molecule has 2 saturated heterocycles. The lowest BCUT2D eigenvalue weighted by Gasteiger charge is -2.40. The summed E-state index contributed by atoms with van der Waals surface area (Å²) in [6.45, 7) is 5.26. The zero-order valence-electron chi connectivity index (χ0n) is 13.1. The fraction of sp³-hybridized carbons (Fsp3) is 0.941. The van der Waals surface area contributed by atoms with Crippen LogP contribution in [0.2, 0.25) is 0 Å². The monoisotopic (exact) mass is 293 g/mol. The summed E-state index contributed by atoms with van der Waals surface area (Å²) in [5.74, 6) is 2.36. The minimum atomic E-state index is -0.401. The molecule has 2 saturated carbocycles. The van der Waals surface area contributed by atoms with Crippen LogP contribution in [0.3, 0.4) is 0 Å². The fourth-order valence-electron chi connectivity index (χ4n) is 5.17. The summed E-state index contributed by atoms with van der Waals surface area (Å²) in [5.41, 5.74) is 0. The zero-order valence-corrected chi connectivity index (χ0v) is 13.1. The fourth-order valence-corrected chi connectivity index (χ4v) is 5.17. The van der Waals surface area contributed by atoms with Crippen LogP contribution in [0.1, 0.15) is 45.4 Å². The van der Waals surface area contributed by atoms with Crippen LogP contribution in [0.25, 0.3) is 0 Å². The lowest BCUT2D eigenvalue weighted by Crippen LogP contribution is -2.48. The van der Waals surface area contributed by atoms with E-state index in [1.54, 1.807) is 0 Å². The summed E-state index contributed by atoms with van der Waals surface area (Å²) < 4.78 is 11.6. The van der Waals surface area contributed by atoms with Crippen LogP contribution in [0.4, 0.5) is 0 Å². The minimum absolute atomic E-state index is 0.342. The van der Waals surface area contributed by atoms with Gasteiger partial charge in [-0.25, -0.2) is 0 Å². The highest BCUT2D eigenvalue weighted by Crippen LogP contribution is 2.49. The average Bonchev–Trinajstić information content (AvgIpc) is 3.23. The molecule has 0 aromatic heterocycles. The van der Waals surface area contributed by atoms with Crippen LogP contribution >= 0.6 is 0 Å². The average molecular weight is 293 g/mol. The van der Waals surface area contributed by atoms with Crippen molar-refractivity contribution >= 4 is 5.91 Å². The maximum absolute atomic E-state index is 12.8. The summed E-state index contributed by atoms with van der Waals surface area (Å²) >= 11 is 0. The highest BCUT2D eigenvalue weighted by Gasteiger charge is 2.46. The molecule has 4 fully saturated rings. The van der Waals surface area contributed by atoms with Crippen molar-refractivity contribution in [3.8, 4) is 0 Å². The molecular weight excluding hydrogens is 266 g/mol. The Hall–Kier alpha value is -0.610. The van der Waals surface area contributed by atoms with Gasteiger partial charge in [-0.3, -0.25) is 4.79 Å². The molecule has 0 radical (unpaired) electrons. The normalized spacial score (nSPS) is 39.1. The summed E-state index contributed by atoms with van der Waals surface area (Å²) in [6, 6.07) is 0. The van der Waals surface area contributed by atoms with Crippen molar-refractivity contribution in [2.45, 2.75) is 51.2 Å². The Morgan fingerprint density at radius 1 is 1.05 bits per heavy atom. The predicted octanol–water partition coefficient (Wildman–Crippen LogP) is 2.42. The molecule has 2 bridgehead atoms. The molecule has 3 atom stereocenters. The Kier molecular flexibility index (Phi) is 3.49. The molecule has 3 unspecified atom stereocenters. The molecule has 4 heteroatoms. The minimum Gasteiger partial charge on any atom is -0.348 e. The molecule has 0 spiro atoms. The van der Waals surface area contributed by atoms with Crippen molar-refractivity contribution in [3.05, 3.63) is 0 Å². The van der Waals surface area contributed by atoms with Crippen LogP contribution in [0.5, 0.6) is 0 Å². The third kappa shape index (κ3) is 2.40. The number of nitrogens with zero attached hydrogens (tertiary/aromatic N) is 1. The number of piperidine rings is 1. The topological polar surface area (TPSA) is 38.8 Å². The Morgan fingerprint density at radius 3 is 2.33 bits per heavy atom. The number of fused-ring (bicyclic) bond motifs is 2. The number of hydrogen-bond donors (Lipinski definition) is 0. The summed E-state index contributed by atoms with van der Waals surface area (Å²) in [4.78, 5) is 14.9. The highest BCUT2D eigenvalue weighted by molar-refractivity contribution is 5.79. The molecule has 1 amide bonds. The van der Waals surface area contributed by atoms with Crippen LogP contribution < -0.4 is 0 Å². The second-order valence-corrected chi connectivity index (χ2v) is 7.59. The van der Waals surface area contributed by atoms with Crippen LogP contribution in [-0.4, -0.2) is 42.9 Å². The summed E-state index contributed by atoms with van der Waals surface area (Å²) in [6.07, 6.45) is 7.16. The Bertz CT molecular complexity index is 410. The molecule has 0 N–H and O–H groups in total. The number of hydrogen-bond acceptors (Lipinski definition) is 3. The zero-order chi connectivity index (χ0) is 14.4. The molecule has 118 valence electrons. The Balaban J connectivity index is 1.34. The van der Waals surface area contributed by atoms with E-state index in [9.17, 15) is 4.79 Å². The van der Waals surface area contributed by atoms with Gasteiger partial charge in [0.25, 0.3) is 0 Å². The number of ether oxygens (including phenoxy) is 2. The van der Waals surface area contributed by atoms with Gasteiger partial charge in [-0.15, -0.1) is 0 Å². The Labute approximate surface area is 127 Å². The van der Waals surface area contributed by atoms with Crippen molar-refractivity contribution in [2.75, 3.05) is 26.3 Å². The number of carbonyl (C=O) groups is 1. The number of carbonyl (C=O) groups excluding carboxylic acids is 1. The van der Waals surface area contributed by atoms with Crippen molar-refractivity contribution in [2.24, 2.45) is 23.7 Å². The van der Waals surface area contributed by atoms with E-state index in [1.807, 2.05) is 0 Å². The van der Waals surface area contributed by atoms with Gasteiger partial charge in [0, 0.05) is 24.9 Å². The predicted molar refractivity (Wildman–Crippen MR) is 78.6 cm³/mol. The lowest BCUT2D eigenvalue weighted by atomic mass is 9.85. The van der Waals surface area contributed by atoms with Gasteiger partial charge in [-0.05, 0) is 50.9 Å². The largest absolute Gasteiger partial charge is 0.348 e. The first-order chi connectivity index (χ1) is 10.2. The molecule has 4 rings (SSSR count). The number of amides is 1. The van der Waals surface area contributed by atoms with Gasteiger partial charge in [0.1, 0.15) is 0 Å². The van der Waals surface area contributed by atoms with E-state index in [0.717, 1.165) is 38.3 Å².